The van der Waals surface area contributed by atoms with Crippen LogP contribution in [0, 0.1) is 0 Å². The zero-order chi connectivity index (χ0) is 19.1. The van der Waals surface area contributed by atoms with Crippen LogP contribution in [-0.4, -0.2) is 24.8 Å². The Balaban J connectivity index is 1.49. The zero-order valence-electron chi connectivity index (χ0n) is 15.1. The maximum absolute atomic E-state index is 12.3. The van der Waals surface area contributed by atoms with Crippen LogP contribution in [0.4, 0.5) is 0 Å². The number of nitrogens with one attached hydrogen (secondary N) is 3. The van der Waals surface area contributed by atoms with E-state index in [1.54, 1.807) is 18.3 Å². The number of hydrazone groups is 1. The number of carbonyl (C=O) groups is 1. The van der Waals surface area contributed by atoms with E-state index in [1.165, 1.54) is 0 Å². The van der Waals surface area contributed by atoms with Crippen molar-refractivity contribution in [2.45, 2.75) is 31.8 Å². The Morgan fingerprint density at radius 3 is 2.67 bits per heavy atom. The molecule has 3 rings (SSSR count). The number of hydrogen-bond acceptors (Lipinski definition) is 5. The van der Waals surface area contributed by atoms with Gasteiger partial charge in [0, 0.05) is 11.1 Å². The van der Waals surface area contributed by atoms with E-state index < -0.39 is 0 Å². The molecule has 0 aromatic heterocycles. The Hall–Kier alpha value is -2.41. The van der Waals surface area contributed by atoms with Gasteiger partial charge in [0.25, 0.3) is 5.91 Å². The molecule has 6 nitrogen and oxygen atoms in total. The van der Waals surface area contributed by atoms with Gasteiger partial charge in [-0.2, -0.15) is 5.10 Å². The van der Waals surface area contributed by atoms with E-state index in [1.807, 2.05) is 36.4 Å². The Morgan fingerprint density at radius 2 is 1.96 bits per heavy atom. The molecule has 142 valence electrons. The van der Waals surface area contributed by atoms with E-state index in [-0.39, 0.29) is 18.0 Å². The van der Waals surface area contributed by atoms with E-state index in [4.69, 9.17) is 16.3 Å². The minimum absolute atomic E-state index is 0.0567. The molecule has 7 heteroatoms. The number of amides is 1. The quantitative estimate of drug-likeness (QED) is 0.504. The predicted molar refractivity (Wildman–Crippen MR) is 107 cm³/mol. The molecule has 0 aliphatic carbocycles. The van der Waals surface area contributed by atoms with Crippen molar-refractivity contribution in [2.75, 3.05) is 6.61 Å². The van der Waals surface area contributed by atoms with Crippen molar-refractivity contribution in [2.24, 2.45) is 5.10 Å². The van der Waals surface area contributed by atoms with Gasteiger partial charge in [0.2, 0.25) is 0 Å². The second-order valence-corrected chi connectivity index (χ2v) is 6.77. The van der Waals surface area contributed by atoms with E-state index >= 15 is 0 Å². The van der Waals surface area contributed by atoms with E-state index in [2.05, 4.69) is 28.3 Å². The first-order valence-electron chi connectivity index (χ1n) is 8.98. The summed E-state index contributed by atoms with van der Waals surface area (Å²) in [5, 5.41) is 4.66. The highest BCUT2D eigenvalue weighted by Gasteiger charge is 2.29. The maximum atomic E-state index is 12.3. The first-order chi connectivity index (χ1) is 13.2. The van der Waals surface area contributed by atoms with Crippen molar-refractivity contribution < 1.29 is 9.53 Å². The Labute approximate surface area is 163 Å². The Morgan fingerprint density at radius 1 is 1.22 bits per heavy atom. The lowest BCUT2D eigenvalue weighted by atomic mass is 10.0. The van der Waals surface area contributed by atoms with E-state index in [0.29, 0.717) is 18.1 Å². The van der Waals surface area contributed by atoms with Crippen molar-refractivity contribution in [3.8, 4) is 5.75 Å². The van der Waals surface area contributed by atoms with Crippen molar-refractivity contribution in [1.82, 2.24) is 16.3 Å². The maximum Gasteiger partial charge on any atom is 0.258 e. The van der Waals surface area contributed by atoms with Crippen LogP contribution in [0.2, 0.25) is 5.02 Å². The number of ether oxygens (including phenoxy) is 1. The number of benzene rings is 2. The second-order valence-electron chi connectivity index (χ2n) is 6.33. The summed E-state index contributed by atoms with van der Waals surface area (Å²) in [5.74, 6) is 0.676. The lowest BCUT2D eigenvalue weighted by Gasteiger charge is -2.11. The minimum atomic E-state index is -0.353. The molecule has 1 saturated heterocycles. The normalized spacial score (nSPS) is 19.3. The number of hydrazine groups is 1. The molecule has 2 aromatic rings. The Kier molecular flexibility index (Phi) is 6.81. The molecule has 2 atom stereocenters. The van der Waals surface area contributed by atoms with Crippen LogP contribution in [0.1, 0.15) is 36.9 Å². The third-order valence-electron chi connectivity index (χ3n) is 4.23. The van der Waals surface area contributed by atoms with E-state index in [0.717, 1.165) is 23.3 Å². The van der Waals surface area contributed by atoms with Gasteiger partial charge in [-0.3, -0.25) is 4.79 Å². The summed E-state index contributed by atoms with van der Waals surface area (Å²) in [6.07, 6.45) is 3.20. The highest BCUT2D eigenvalue weighted by atomic mass is 35.5. The van der Waals surface area contributed by atoms with Crippen molar-refractivity contribution in [1.29, 1.82) is 0 Å². The van der Waals surface area contributed by atoms with Crippen molar-refractivity contribution in [3.05, 3.63) is 64.7 Å². The molecule has 1 heterocycles. The summed E-state index contributed by atoms with van der Waals surface area (Å²) in [7, 11) is 0. The number of carbonyl (C=O) groups excluding carboxylic acids is 1. The third kappa shape index (κ3) is 5.53. The van der Waals surface area contributed by atoms with Crippen LogP contribution >= 0.6 is 11.6 Å². The minimum Gasteiger partial charge on any atom is -0.494 e. The second kappa shape index (κ2) is 9.50. The summed E-state index contributed by atoms with van der Waals surface area (Å²) >= 11 is 5.84. The van der Waals surface area contributed by atoms with Crippen molar-refractivity contribution in [3.63, 3.8) is 0 Å². The first kappa shape index (κ1) is 19.4. The van der Waals surface area contributed by atoms with Gasteiger partial charge in [-0.1, -0.05) is 42.8 Å². The lowest BCUT2D eigenvalue weighted by molar-refractivity contribution is -0.122. The van der Waals surface area contributed by atoms with E-state index in [9.17, 15) is 4.79 Å². The molecule has 0 saturated carbocycles. The molecular formula is C20H23ClN4O2. The summed E-state index contributed by atoms with van der Waals surface area (Å²) in [6, 6.07) is 14.9. The smallest absolute Gasteiger partial charge is 0.258 e. The topological polar surface area (TPSA) is 74.8 Å². The average molecular weight is 387 g/mol. The molecule has 2 unspecified atom stereocenters. The largest absolute Gasteiger partial charge is 0.494 e. The highest BCUT2D eigenvalue weighted by Crippen LogP contribution is 2.24. The summed E-state index contributed by atoms with van der Waals surface area (Å²) in [4.78, 5) is 12.3. The molecule has 1 aliphatic rings. The SMILES string of the molecule is CCCOc1ccc(C2CC(C(=O)N/N=C/c3ccc(Cl)cc3)NN2)cc1. The van der Waals surface area contributed by atoms with Gasteiger partial charge >= 0.3 is 0 Å². The molecule has 1 fully saturated rings. The summed E-state index contributed by atoms with van der Waals surface area (Å²) < 4.78 is 5.60. The Bertz CT molecular complexity index is 778. The van der Waals surface area contributed by atoms with Crippen LogP contribution in [0.3, 0.4) is 0 Å². The van der Waals surface area contributed by atoms with Gasteiger partial charge in [-0.05, 0) is 48.2 Å². The average Bonchev–Trinajstić information content (AvgIpc) is 3.18. The van der Waals surface area contributed by atoms with Crippen molar-refractivity contribution >= 4 is 23.7 Å². The molecule has 1 amide bonds. The lowest BCUT2D eigenvalue weighted by Crippen LogP contribution is -2.41. The van der Waals surface area contributed by atoms with Gasteiger partial charge in [-0.25, -0.2) is 16.3 Å². The fourth-order valence-electron chi connectivity index (χ4n) is 2.76. The van der Waals surface area contributed by atoms with Crippen LogP contribution < -0.4 is 21.0 Å². The molecular weight excluding hydrogens is 364 g/mol. The fourth-order valence-corrected chi connectivity index (χ4v) is 2.89. The number of rotatable bonds is 7. The molecule has 0 spiro atoms. The molecule has 0 radical (unpaired) electrons. The van der Waals surface area contributed by atoms with Gasteiger partial charge in [-0.15, -0.1) is 0 Å². The highest BCUT2D eigenvalue weighted by molar-refractivity contribution is 6.30. The van der Waals surface area contributed by atoms with Gasteiger partial charge < -0.3 is 4.74 Å². The predicted octanol–water partition coefficient (Wildman–Crippen LogP) is 3.19. The molecule has 27 heavy (non-hydrogen) atoms. The number of nitrogens with zero attached hydrogens (tertiary/aromatic N) is 1. The summed E-state index contributed by atoms with van der Waals surface area (Å²) in [5.41, 5.74) is 10.7. The van der Waals surface area contributed by atoms with Crippen LogP contribution in [0.25, 0.3) is 0 Å². The molecule has 3 N–H and O–H groups in total. The van der Waals surface area contributed by atoms with Crippen LogP contribution in [-0.2, 0) is 4.79 Å². The third-order valence-corrected chi connectivity index (χ3v) is 4.49. The standard InChI is InChI=1S/C20H23ClN4O2/c1-2-11-27-17-9-5-15(6-10-17)18-12-19(24-23-18)20(26)25-22-13-14-3-7-16(21)8-4-14/h3-10,13,18-19,23-24H,2,11-12H2,1H3,(H,25,26)/b22-13+. The zero-order valence-corrected chi connectivity index (χ0v) is 15.9. The monoisotopic (exact) mass is 386 g/mol. The molecule has 1 aliphatic heterocycles. The van der Waals surface area contributed by atoms with Crippen LogP contribution in [0.15, 0.2) is 53.6 Å². The fraction of sp³-hybridized carbons (Fsp3) is 0.300. The van der Waals surface area contributed by atoms with Gasteiger partial charge in [0.1, 0.15) is 11.8 Å². The van der Waals surface area contributed by atoms with Gasteiger partial charge in [0.05, 0.1) is 12.8 Å². The van der Waals surface area contributed by atoms with Crippen LogP contribution in [0.5, 0.6) is 5.75 Å². The van der Waals surface area contributed by atoms with Gasteiger partial charge in [0.15, 0.2) is 0 Å². The molecule has 2 aromatic carbocycles. The first-order valence-corrected chi connectivity index (χ1v) is 9.36. The summed E-state index contributed by atoms with van der Waals surface area (Å²) in [6.45, 7) is 2.79. The number of halogens is 1. The number of hydrogen-bond donors (Lipinski definition) is 3. The molecule has 0 bridgehead atoms.